The number of rotatable bonds is 44. The molecule has 0 rings (SSSR count). The summed E-state index contributed by atoms with van der Waals surface area (Å²) in [6.45, 7) is 4.50. The zero-order chi connectivity index (χ0) is 45.1. The van der Waals surface area contributed by atoms with Crippen LogP contribution in [0.25, 0.3) is 0 Å². The third kappa shape index (κ3) is 47.9. The second-order valence-corrected chi connectivity index (χ2v) is 16.7. The quantitative estimate of drug-likeness (QED) is 0.0269. The first kappa shape index (κ1) is 58.9. The van der Waals surface area contributed by atoms with Crippen LogP contribution in [0.3, 0.4) is 0 Å². The Morgan fingerprint density at radius 3 is 1.27 bits per heavy atom. The van der Waals surface area contributed by atoms with E-state index in [1.54, 1.807) is 0 Å². The maximum absolute atomic E-state index is 12.6. The lowest BCUT2D eigenvalue weighted by molar-refractivity contribution is -0.154. The molecule has 0 amide bonds. The molecule has 0 aromatic heterocycles. The maximum atomic E-state index is 12.6. The number of allylic oxidation sites excluding steroid dienone is 20. The number of carbonyl (C=O) groups excluding carboxylic acids is 1. The normalized spacial score (nSPS) is 14.5. The monoisotopic (exact) mass is 882 g/mol. The van der Waals surface area contributed by atoms with E-state index in [0.717, 1.165) is 103 Å². The Morgan fingerprint density at radius 2 is 0.855 bits per heavy atom. The van der Waals surface area contributed by atoms with E-state index in [4.69, 9.17) is 24.3 Å². The SMILES string of the molecule is CC/C=C\C/C=C\C/C=C\C/C=C\C/C=C\C/C=C\CCCOCC(COP(=O)(O)OCCN)OC(=O)CCCCCCCCCCCC/C=C\C/C=C\C/C=C\C/C=C\CC. The summed E-state index contributed by atoms with van der Waals surface area (Å²) in [6.07, 6.45) is 68.1. The number of phosphoric acid groups is 1. The van der Waals surface area contributed by atoms with Gasteiger partial charge < -0.3 is 20.1 Å². The molecular weight excluding hydrogens is 794 g/mol. The van der Waals surface area contributed by atoms with Crippen LogP contribution in [-0.4, -0.2) is 49.9 Å². The molecule has 0 fully saturated rings. The number of nitrogens with two attached hydrogens (primary N) is 1. The lowest BCUT2D eigenvalue weighted by atomic mass is 10.0. The third-order valence-corrected chi connectivity index (χ3v) is 10.4. The van der Waals surface area contributed by atoms with Crippen molar-refractivity contribution in [2.75, 3.05) is 33.0 Å². The summed E-state index contributed by atoms with van der Waals surface area (Å²) in [5.41, 5.74) is 5.38. The molecule has 0 saturated carbocycles. The van der Waals surface area contributed by atoms with Gasteiger partial charge in [0.1, 0.15) is 6.10 Å². The molecule has 8 nitrogen and oxygen atoms in total. The molecule has 0 bridgehead atoms. The molecule has 0 aromatic carbocycles. The first-order chi connectivity index (χ1) is 30.4. The number of esters is 1. The van der Waals surface area contributed by atoms with Crippen molar-refractivity contribution in [3.8, 4) is 0 Å². The van der Waals surface area contributed by atoms with Gasteiger partial charge in [0.05, 0.1) is 19.8 Å². The third-order valence-electron chi connectivity index (χ3n) is 9.37. The smallest absolute Gasteiger partial charge is 0.457 e. The van der Waals surface area contributed by atoms with Gasteiger partial charge in [-0.05, 0) is 96.3 Å². The minimum Gasteiger partial charge on any atom is -0.457 e. The number of hydrogen-bond donors (Lipinski definition) is 2. The van der Waals surface area contributed by atoms with Crippen LogP contribution >= 0.6 is 7.82 Å². The highest BCUT2D eigenvalue weighted by molar-refractivity contribution is 7.47. The first-order valence-corrected chi connectivity index (χ1v) is 25.5. The maximum Gasteiger partial charge on any atom is 0.472 e. The van der Waals surface area contributed by atoms with Crippen LogP contribution in [0.2, 0.25) is 0 Å². The molecule has 352 valence electrons. The molecule has 2 unspecified atom stereocenters. The van der Waals surface area contributed by atoms with Crippen molar-refractivity contribution in [2.24, 2.45) is 5.73 Å². The number of ether oxygens (including phenoxy) is 2. The first-order valence-electron chi connectivity index (χ1n) is 24.0. The molecule has 0 saturated heterocycles. The molecule has 2 atom stereocenters. The van der Waals surface area contributed by atoms with E-state index in [1.165, 1.54) is 44.9 Å². The summed E-state index contributed by atoms with van der Waals surface area (Å²) in [5, 5.41) is 0. The topological polar surface area (TPSA) is 117 Å². The van der Waals surface area contributed by atoms with Crippen LogP contribution in [0.5, 0.6) is 0 Å². The molecular formula is C53H88NO7P. The molecule has 0 aromatic rings. The average Bonchev–Trinajstić information content (AvgIpc) is 3.26. The molecule has 0 spiro atoms. The molecule has 9 heteroatoms. The van der Waals surface area contributed by atoms with Gasteiger partial charge in [-0.2, -0.15) is 0 Å². The second-order valence-electron chi connectivity index (χ2n) is 15.2. The minimum absolute atomic E-state index is 0.0663. The summed E-state index contributed by atoms with van der Waals surface area (Å²) in [6, 6.07) is 0. The van der Waals surface area contributed by atoms with Gasteiger partial charge >= 0.3 is 13.8 Å². The Labute approximate surface area is 379 Å². The van der Waals surface area contributed by atoms with Gasteiger partial charge in [0, 0.05) is 19.6 Å². The lowest BCUT2D eigenvalue weighted by Gasteiger charge is -2.20. The van der Waals surface area contributed by atoms with Gasteiger partial charge in [0.2, 0.25) is 0 Å². The fourth-order valence-corrected chi connectivity index (χ4v) is 6.71. The predicted molar refractivity (Wildman–Crippen MR) is 265 cm³/mol. The van der Waals surface area contributed by atoms with Crippen LogP contribution < -0.4 is 5.73 Å². The van der Waals surface area contributed by atoms with Crippen molar-refractivity contribution < 1.29 is 32.8 Å². The Balaban J connectivity index is 4.11. The van der Waals surface area contributed by atoms with E-state index < -0.39 is 13.9 Å². The van der Waals surface area contributed by atoms with E-state index in [1.807, 2.05) is 0 Å². The summed E-state index contributed by atoms with van der Waals surface area (Å²) in [5.74, 6) is -0.360. The highest BCUT2D eigenvalue weighted by Gasteiger charge is 2.25. The van der Waals surface area contributed by atoms with Crippen molar-refractivity contribution in [1.29, 1.82) is 0 Å². The fourth-order valence-electron chi connectivity index (χ4n) is 5.94. The predicted octanol–water partition coefficient (Wildman–Crippen LogP) is 15.0. The van der Waals surface area contributed by atoms with E-state index in [9.17, 15) is 14.3 Å². The van der Waals surface area contributed by atoms with Crippen LogP contribution in [0.1, 0.15) is 168 Å². The van der Waals surface area contributed by atoms with Gasteiger partial charge in [0.15, 0.2) is 0 Å². The van der Waals surface area contributed by atoms with Crippen LogP contribution in [-0.2, 0) is 27.9 Å². The Kier molecular flexibility index (Phi) is 46.5. The van der Waals surface area contributed by atoms with Crippen LogP contribution in [0, 0.1) is 0 Å². The van der Waals surface area contributed by atoms with Gasteiger partial charge in [-0.3, -0.25) is 13.8 Å². The largest absolute Gasteiger partial charge is 0.472 e. The number of phosphoric ester groups is 1. The molecule has 0 heterocycles. The van der Waals surface area contributed by atoms with Crippen molar-refractivity contribution in [3.05, 3.63) is 122 Å². The average molecular weight is 882 g/mol. The molecule has 0 aliphatic heterocycles. The molecule has 0 aliphatic carbocycles. The zero-order valence-corrected chi connectivity index (χ0v) is 39.9. The highest BCUT2D eigenvalue weighted by atomic mass is 31.2. The van der Waals surface area contributed by atoms with Crippen molar-refractivity contribution >= 4 is 13.8 Å². The molecule has 0 aliphatic rings. The summed E-state index contributed by atoms with van der Waals surface area (Å²) in [7, 11) is -4.31. The van der Waals surface area contributed by atoms with Gasteiger partial charge in [-0.25, -0.2) is 4.57 Å². The molecule has 0 radical (unpaired) electrons. The highest BCUT2D eigenvalue weighted by Crippen LogP contribution is 2.43. The van der Waals surface area contributed by atoms with Gasteiger partial charge in [-0.1, -0.05) is 187 Å². The minimum atomic E-state index is -4.31. The number of unbranched alkanes of at least 4 members (excludes halogenated alkanes) is 11. The Hall–Kier alpha value is -3.10. The van der Waals surface area contributed by atoms with Crippen LogP contribution in [0.4, 0.5) is 0 Å². The summed E-state index contributed by atoms with van der Waals surface area (Å²) < 4.78 is 33.4. The van der Waals surface area contributed by atoms with Gasteiger partial charge in [-0.15, -0.1) is 0 Å². The number of carbonyl (C=O) groups is 1. The van der Waals surface area contributed by atoms with E-state index >= 15 is 0 Å². The number of hydrogen-bond acceptors (Lipinski definition) is 7. The second kappa shape index (κ2) is 48.9. The molecule has 62 heavy (non-hydrogen) atoms. The zero-order valence-electron chi connectivity index (χ0n) is 39.1. The Morgan fingerprint density at radius 1 is 0.484 bits per heavy atom. The van der Waals surface area contributed by atoms with E-state index in [0.29, 0.717) is 13.0 Å². The van der Waals surface area contributed by atoms with E-state index in [-0.39, 0.29) is 32.3 Å². The summed E-state index contributed by atoms with van der Waals surface area (Å²) in [4.78, 5) is 22.6. The van der Waals surface area contributed by atoms with E-state index in [2.05, 4.69) is 135 Å². The van der Waals surface area contributed by atoms with Crippen molar-refractivity contribution in [1.82, 2.24) is 0 Å². The molecule has 3 N–H and O–H groups in total. The standard InChI is InChI=1S/C53H88NO7P/c1-3-5-7-9-11-13-15-17-19-21-23-25-26-27-28-30-32-34-36-38-40-42-44-46-53(55)61-52(51-60-62(56,57)59-49-47-54)50-58-48-45-43-41-39-37-35-33-31-29-24-22-20-18-16-14-12-10-8-6-4-2/h5-8,11-14,17-20,23-25,29,33,35,39,41,52H,3-4,9-10,15-16,21-22,26-28,30-32,34,36-38,40,42-51,54H2,1-2H3,(H,56,57)/b7-5-,8-6-,13-11-,14-12-,19-17-,20-18-,25-23-,29-24-,35-33-,41-39-. The van der Waals surface area contributed by atoms with Crippen molar-refractivity contribution in [3.63, 3.8) is 0 Å². The fraction of sp³-hybridized carbons (Fsp3) is 0.604. The Bertz CT molecular complexity index is 1360. The summed E-state index contributed by atoms with van der Waals surface area (Å²) >= 11 is 0. The lowest BCUT2D eigenvalue weighted by Crippen LogP contribution is -2.28. The van der Waals surface area contributed by atoms with Crippen LogP contribution in [0.15, 0.2) is 122 Å². The van der Waals surface area contributed by atoms with Crippen molar-refractivity contribution in [2.45, 2.75) is 174 Å². The van der Waals surface area contributed by atoms with Gasteiger partial charge in [0.25, 0.3) is 0 Å².